The zero-order chi connectivity index (χ0) is 25.4. The number of fused-ring (bicyclic) bond motifs is 3. The minimum absolute atomic E-state index is 0.156. The normalized spacial score (nSPS) is 19.8. The highest BCUT2D eigenvalue weighted by atomic mass is 19.4. The van der Waals surface area contributed by atoms with Crippen LogP contribution >= 0.6 is 0 Å². The van der Waals surface area contributed by atoms with Crippen LogP contribution in [-0.2, 0) is 10.9 Å². The Morgan fingerprint density at radius 3 is 2.81 bits per heavy atom. The second-order valence-corrected chi connectivity index (χ2v) is 9.01. The number of nitrogens with one attached hydrogen (secondary N) is 1. The number of carbonyl (C=O) groups is 1. The monoisotopic (exact) mass is 498 g/mol. The number of anilines is 2. The first kappa shape index (κ1) is 24.2. The van der Waals surface area contributed by atoms with Crippen molar-refractivity contribution in [3.8, 4) is 11.1 Å². The molecular weight excluding hydrogens is 473 g/mol. The number of aromatic nitrogens is 2. The topological polar surface area (TPSA) is 87.6 Å². The van der Waals surface area contributed by atoms with Gasteiger partial charge in [0.15, 0.2) is 0 Å². The SMILES string of the molecule is Cc1ncc(NC(=O)c2ccnc(C(F)(F)F)c2)cc1-c1ccc2c(c1)N1CCOCC[C@H]1CC2O. The highest BCUT2D eigenvalue weighted by Crippen LogP contribution is 2.41. The lowest BCUT2D eigenvalue weighted by atomic mass is 9.89. The molecule has 2 atom stereocenters. The van der Waals surface area contributed by atoms with Crippen LogP contribution in [0.15, 0.2) is 48.8 Å². The summed E-state index contributed by atoms with van der Waals surface area (Å²) in [5.74, 6) is -0.694. The number of alkyl halides is 3. The second-order valence-electron chi connectivity index (χ2n) is 9.01. The summed E-state index contributed by atoms with van der Waals surface area (Å²) in [5, 5.41) is 13.4. The molecule has 2 aliphatic rings. The summed E-state index contributed by atoms with van der Waals surface area (Å²) in [7, 11) is 0. The van der Waals surface area contributed by atoms with Crippen LogP contribution in [-0.4, -0.2) is 46.8 Å². The number of hydrogen-bond donors (Lipinski definition) is 2. The lowest BCUT2D eigenvalue weighted by molar-refractivity contribution is -0.141. The number of amides is 1. The molecule has 2 aromatic heterocycles. The quantitative estimate of drug-likeness (QED) is 0.542. The number of aliphatic hydroxyl groups excluding tert-OH is 1. The van der Waals surface area contributed by atoms with E-state index in [0.717, 1.165) is 47.2 Å². The Balaban J connectivity index is 1.44. The molecule has 1 amide bonds. The van der Waals surface area contributed by atoms with E-state index >= 15 is 0 Å². The molecule has 5 rings (SSSR count). The summed E-state index contributed by atoms with van der Waals surface area (Å²) >= 11 is 0. The molecular formula is C26H25F3N4O3. The smallest absolute Gasteiger partial charge is 0.388 e. The number of halogens is 3. The van der Waals surface area contributed by atoms with Crippen molar-refractivity contribution >= 4 is 17.3 Å². The van der Waals surface area contributed by atoms with Crippen molar-refractivity contribution in [1.82, 2.24) is 9.97 Å². The van der Waals surface area contributed by atoms with Crippen LogP contribution in [0.2, 0.25) is 0 Å². The van der Waals surface area contributed by atoms with E-state index in [1.165, 1.54) is 12.3 Å². The molecule has 36 heavy (non-hydrogen) atoms. The fourth-order valence-corrected chi connectivity index (χ4v) is 4.84. The van der Waals surface area contributed by atoms with Crippen molar-refractivity contribution in [1.29, 1.82) is 0 Å². The number of pyridine rings is 2. The molecule has 1 saturated heterocycles. The number of aryl methyl sites for hydroxylation is 1. The Morgan fingerprint density at radius 1 is 1.17 bits per heavy atom. The van der Waals surface area contributed by atoms with E-state index in [2.05, 4.69) is 20.2 Å². The maximum absolute atomic E-state index is 13.0. The van der Waals surface area contributed by atoms with E-state index in [4.69, 9.17) is 4.74 Å². The van der Waals surface area contributed by atoms with Gasteiger partial charge in [0.25, 0.3) is 5.91 Å². The van der Waals surface area contributed by atoms with Crippen molar-refractivity contribution in [2.45, 2.75) is 38.1 Å². The standard InChI is InChI=1S/C26H25F3N4O3/c1-15-21(12-18(14-31-15)32-25(35)17-4-6-30-24(11-17)26(27,28)29)16-2-3-20-22(10-16)33-7-9-36-8-5-19(33)13-23(20)34/h2-4,6,10-12,14,19,23,34H,5,7-9,13H2,1H3,(H,32,35)/t19-,23?/m0/s1. The molecule has 2 N–H and O–H groups in total. The van der Waals surface area contributed by atoms with Crippen molar-refractivity contribution in [3.05, 3.63) is 71.3 Å². The summed E-state index contributed by atoms with van der Waals surface area (Å²) in [6.45, 7) is 3.85. The van der Waals surface area contributed by atoms with Gasteiger partial charge in [-0.2, -0.15) is 13.2 Å². The summed E-state index contributed by atoms with van der Waals surface area (Å²) in [6, 6.07) is 9.72. The van der Waals surface area contributed by atoms with Crippen LogP contribution in [0.5, 0.6) is 0 Å². The van der Waals surface area contributed by atoms with Crippen LogP contribution in [0.1, 0.15) is 46.3 Å². The molecule has 188 valence electrons. The third-order valence-corrected chi connectivity index (χ3v) is 6.68. The summed E-state index contributed by atoms with van der Waals surface area (Å²) in [4.78, 5) is 22.6. The van der Waals surface area contributed by atoms with Crippen LogP contribution < -0.4 is 10.2 Å². The predicted molar refractivity (Wildman–Crippen MR) is 128 cm³/mol. The van der Waals surface area contributed by atoms with Gasteiger partial charge in [-0.3, -0.25) is 14.8 Å². The predicted octanol–water partition coefficient (Wildman–Crippen LogP) is 4.76. The number of ether oxygens (including phenoxy) is 1. The van der Waals surface area contributed by atoms with Gasteiger partial charge in [-0.1, -0.05) is 12.1 Å². The van der Waals surface area contributed by atoms with E-state index < -0.39 is 23.9 Å². The van der Waals surface area contributed by atoms with Crippen molar-refractivity contribution in [3.63, 3.8) is 0 Å². The van der Waals surface area contributed by atoms with E-state index in [1.807, 2.05) is 25.1 Å². The first-order valence-corrected chi connectivity index (χ1v) is 11.7. The van der Waals surface area contributed by atoms with Crippen LogP contribution in [0.25, 0.3) is 11.1 Å². The van der Waals surface area contributed by atoms with Crippen molar-refractivity contribution < 1.29 is 27.8 Å². The van der Waals surface area contributed by atoms with Gasteiger partial charge < -0.3 is 20.1 Å². The number of aliphatic hydroxyl groups is 1. The Hall–Kier alpha value is -3.50. The molecule has 0 bridgehead atoms. The van der Waals surface area contributed by atoms with Gasteiger partial charge in [0.1, 0.15) is 5.69 Å². The van der Waals surface area contributed by atoms with Crippen LogP contribution in [0, 0.1) is 6.92 Å². The molecule has 7 nitrogen and oxygen atoms in total. The lowest BCUT2D eigenvalue weighted by Crippen LogP contribution is -2.41. The van der Waals surface area contributed by atoms with Gasteiger partial charge >= 0.3 is 6.18 Å². The number of benzene rings is 1. The number of hydrogen-bond acceptors (Lipinski definition) is 6. The van der Waals surface area contributed by atoms with Gasteiger partial charge in [-0.15, -0.1) is 0 Å². The van der Waals surface area contributed by atoms with Gasteiger partial charge in [0.2, 0.25) is 0 Å². The zero-order valence-corrected chi connectivity index (χ0v) is 19.5. The van der Waals surface area contributed by atoms with E-state index in [0.29, 0.717) is 31.4 Å². The first-order chi connectivity index (χ1) is 17.2. The molecule has 10 heteroatoms. The average Bonchev–Trinajstić information content (AvgIpc) is 3.10. The molecule has 2 aliphatic heterocycles. The summed E-state index contributed by atoms with van der Waals surface area (Å²) < 4.78 is 44.6. The third-order valence-electron chi connectivity index (χ3n) is 6.68. The Morgan fingerprint density at radius 2 is 2.00 bits per heavy atom. The molecule has 4 heterocycles. The third kappa shape index (κ3) is 4.78. The minimum Gasteiger partial charge on any atom is -0.388 e. The summed E-state index contributed by atoms with van der Waals surface area (Å²) in [5.41, 5.74) is 3.23. The molecule has 3 aromatic rings. The maximum Gasteiger partial charge on any atom is 0.433 e. The Bertz CT molecular complexity index is 1300. The molecule has 0 radical (unpaired) electrons. The maximum atomic E-state index is 13.0. The second kappa shape index (κ2) is 9.51. The largest absolute Gasteiger partial charge is 0.433 e. The Labute approximate surface area is 205 Å². The molecule has 1 unspecified atom stereocenters. The summed E-state index contributed by atoms with van der Waals surface area (Å²) in [6.07, 6.45) is -1.28. The lowest BCUT2D eigenvalue weighted by Gasteiger charge is -2.39. The van der Waals surface area contributed by atoms with Gasteiger partial charge in [-0.25, -0.2) is 0 Å². The fourth-order valence-electron chi connectivity index (χ4n) is 4.84. The van der Waals surface area contributed by atoms with Crippen molar-refractivity contribution in [2.75, 3.05) is 30.0 Å². The molecule has 1 fully saturated rings. The number of nitrogens with zero attached hydrogens (tertiary/aromatic N) is 3. The van der Waals surface area contributed by atoms with Gasteiger partial charge in [0, 0.05) is 53.5 Å². The van der Waals surface area contributed by atoms with E-state index in [-0.39, 0.29) is 11.6 Å². The minimum atomic E-state index is -4.65. The molecule has 0 aliphatic carbocycles. The van der Waals surface area contributed by atoms with Gasteiger partial charge in [-0.05, 0) is 49.6 Å². The van der Waals surface area contributed by atoms with E-state index in [9.17, 15) is 23.1 Å². The Kier molecular flexibility index (Phi) is 6.40. The average molecular weight is 499 g/mol. The first-order valence-electron chi connectivity index (χ1n) is 11.7. The van der Waals surface area contributed by atoms with Crippen molar-refractivity contribution in [2.24, 2.45) is 0 Å². The van der Waals surface area contributed by atoms with Crippen LogP contribution in [0.4, 0.5) is 24.5 Å². The highest BCUT2D eigenvalue weighted by molar-refractivity contribution is 6.04. The highest BCUT2D eigenvalue weighted by Gasteiger charge is 2.34. The molecule has 0 saturated carbocycles. The zero-order valence-electron chi connectivity index (χ0n) is 19.5. The fraction of sp³-hybridized carbons (Fsp3) is 0.346. The molecule has 1 aromatic carbocycles. The number of rotatable bonds is 3. The van der Waals surface area contributed by atoms with Crippen LogP contribution in [0.3, 0.4) is 0 Å². The molecule has 0 spiro atoms. The van der Waals surface area contributed by atoms with Gasteiger partial charge in [0.05, 0.1) is 24.6 Å². The van der Waals surface area contributed by atoms with E-state index in [1.54, 1.807) is 6.07 Å². The number of carbonyl (C=O) groups excluding carboxylic acids is 1.